The smallest absolute Gasteiger partial charge is 0.243 e. The Morgan fingerprint density at radius 3 is 2.43 bits per heavy atom. The molecule has 1 aliphatic rings. The molecule has 2 aromatic rings. The molecule has 2 aromatic carbocycles. The fourth-order valence-electron chi connectivity index (χ4n) is 2.50. The summed E-state index contributed by atoms with van der Waals surface area (Å²) >= 11 is 3.34. The van der Waals surface area contributed by atoms with E-state index in [4.69, 9.17) is 0 Å². The SMILES string of the molecule is O=C1CS(=O)(=O)C(c2cccc(Br)c2)N1c1ccccc1. The molecule has 1 saturated heterocycles. The molecule has 1 amide bonds. The fraction of sp³-hybridized carbons (Fsp3) is 0.133. The zero-order chi connectivity index (χ0) is 15.0. The molecule has 3 rings (SSSR count). The van der Waals surface area contributed by atoms with Gasteiger partial charge in [0.25, 0.3) is 0 Å². The van der Waals surface area contributed by atoms with E-state index in [1.807, 2.05) is 12.1 Å². The number of amides is 1. The summed E-state index contributed by atoms with van der Waals surface area (Å²) in [5.74, 6) is -0.856. The Balaban J connectivity index is 2.16. The van der Waals surface area contributed by atoms with E-state index in [-0.39, 0.29) is 0 Å². The number of nitrogens with zero attached hydrogens (tertiary/aromatic N) is 1. The number of rotatable bonds is 2. The summed E-state index contributed by atoms with van der Waals surface area (Å²) in [4.78, 5) is 13.6. The highest BCUT2D eigenvalue weighted by Gasteiger charge is 2.45. The van der Waals surface area contributed by atoms with Gasteiger partial charge in [-0.1, -0.05) is 46.3 Å². The second-order valence-corrected chi connectivity index (χ2v) is 7.79. The highest BCUT2D eigenvalue weighted by Crippen LogP contribution is 2.37. The lowest BCUT2D eigenvalue weighted by molar-refractivity contribution is -0.115. The molecule has 0 bridgehead atoms. The van der Waals surface area contributed by atoms with Crippen molar-refractivity contribution in [3.05, 3.63) is 64.6 Å². The first-order valence-corrected chi connectivity index (χ1v) is 8.84. The molecule has 1 aliphatic heterocycles. The summed E-state index contributed by atoms with van der Waals surface area (Å²) in [7, 11) is -3.55. The third-order valence-corrected chi connectivity index (χ3v) is 5.64. The van der Waals surface area contributed by atoms with E-state index < -0.39 is 26.9 Å². The highest BCUT2D eigenvalue weighted by atomic mass is 79.9. The molecule has 0 N–H and O–H groups in total. The van der Waals surface area contributed by atoms with Gasteiger partial charge < -0.3 is 0 Å². The Hall–Kier alpha value is -1.66. The highest BCUT2D eigenvalue weighted by molar-refractivity contribution is 9.10. The Labute approximate surface area is 131 Å². The number of carbonyl (C=O) groups excluding carboxylic acids is 1. The van der Waals surface area contributed by atoms with E-state index >= 15 is 0 Å². The maximum atomic E-state index is 12.4. The Morgan fingerprint density at radius 1 is 1.05 bits per heavy atom. The lowest BCUT2D eigenvalue weighted by Crippen LogP contribution is -2.29. The van der Waals surface area contributed by atoms with E-state index in [1.165, 1.54) is 4.90 Å². The number of hydrogen-bond acceptors (Lipinski definition) is 3. The molecule has 0 aromatic heterocycles. The molecule has 1 atom stereocenters. The Bertz CT molecular complexity index is 790. The predicted molar refractivity (Wildman–Crippen MR) is 84.6 cm³/mol. The van der Waals surface area contributed by atoms with Gasteiger partial charge in [-0.25, -0.2) is 8.42 Å². The van der Waals surface area contributed by atoms with Gasteiger partial charge in [-0.05, 0) is 29.8 Å². The van der Waals surface area contributed by atoms with Crippen molar-refractivity contribution >= 4 is 37.4 Å². The molecule has 0 saturated carbocycles. The van der Waals surface area contributed by atoms with E-state index in [9.17, 15) is 13.2 Å². The van der Waals surface area contributed by atoms with E-state index in [0.29, 0.717) is 11.3 Å². The number of halogens is 1. The predicted octanol–water partition coefficient (Wildman–Crippen LogP) is 2.91. The molecule has 1 unspecified atom stereocenters. The molecule has 0 spiro atoms. The Morgan fingerprint density at radius 2 is 1.76 bits per heavy atom. The molecule has 0 radical (unpaired) electrons. The van der Waals surface area contributed by atoms with Gasteiger partial charge >= 0.3 is 0 Å². The van der Waals surface area contributed by atoms with Gasteiger partial charge in [-0.15, -0.1) is 0 Å². The van der Waals surface area contributed by atoms with Crippen LogP contribution in [0.2, 0.25) is 0 Å². The summed E-state index contributed by atoms with van der Waals surface area (Å²) in [6.07, 6.45) is 0. The summed E-state index contributed by atoms with van der Waals surface area (Å²) in [5, 5.41) is -0.968. The fourth-order valence-corrected chi connectivity index (χ4v) is 4.68. The number of sulfone groups is 1. The maximum Gasteiger partial charge on any atom is 0.243 e. The molecule has 1 heterocycles. The van der Waals surface area contributed by atoms with Crippen LogP contribution in [-0.4, -0.2) is 20.1 Å². The zero-order valence-corrected chi connectivity index (χ0v) is 13.3. The van der Waals surface area contributed by atoms with Gasteiger partial charge in [0.1, 0.15) is 5.75 Å². The molecule has 108 valence electrons. The van der Waals surface area contributed by atoms with Crippen molar-refractivity contribution < 1.29 is 13.2 Å². The molecular formula is C15H12BrNO3S. The lowest BCUT2D eigenvalue weighted by atomic mass is 10.2. The van der Waals surface area contributed by atoms with E-state index in [2.05, 4.69) is 15.9 Å². The first-order valence-electron chi connectivity index (χ1n) is 6.33. The second-order valence-electron chi connectivity index (χ2n) is 4.81. The lowest BCUT2D eigenvalue weighted by Gasteiger charge is -2.23. The van der Waals surface area contributed by atoms with Gasteiger partial charge in [0.15, 0.2) is 15.2 Å². The molecular weight excluding hydrogens is 354 g/mol. The number of hydrogen-bond donors (Lipinski definition) is 0. The summed E-state index contributed by atoms with van der Waals surface area (Å²) in [5.41, 5.74) is 1.17. The average molecular weight is 366 g/mol. The minimum Gasteiger partial charge on any atom is -0.290 e. The van der Waals surface area contributed by atoms with Gasteiger partial charge in [-0.3, -0.25) is 9.69 Å². The molecule has 4 nitrogen and oxygen atoms in total. The zero-order valence-electron chi connectivity index (χ0n) is 10.9. The van der Waals surface area contributed by atoms with Crippen LogP contribution in [-0.2, 0) is 14.6 Å². The van der Waals surface area contributed by atoms with Gasteiger partial charge in [0, 0.05) is 10.2 Å². The standard InChI is InChI=1S/C15H12BrNO3S/c16-12-6-4-5-11(9-12)15-17(13-7-2-1-3-8-13)14(18)10-21(15,19)20/h1-9,15H,10H2. The number of benzene rings is 2. The van der Waals surface area contributed by atoms with Gasteiger partial charge in [0.05, 0.1) is 0 Å². The van der Waals surface area contributed by atoms with Crippen LogP contribution >= 0.6 is 15.9 Å². The first kappa shape index (κ1) is 14.3. The number of anilines is 1. The molecule has 0 aliphatic carbocycles. The quantitative estimate of drug-likeness (QED) is 0.821. The van der Waals surface area contributed by atoms with Crippen LogP contribution in [0.15, 0.2) is 59.1 Å². The topological polar surface area (TPSA) is 54.5 Å². The van der Waals surface area contributed by atoms with Crippen molar-refractivity contribution in [3.63, 3.8) is 0 Å². The first-order chi connectivity index (χ1) is 9.99. The van der Waals surface area contributed by atoms with Gasteiger partial charge in [0.2, 0.25) is 5.91 Å². The molecule has 1 fully saturated rings. The van der Waals surface area contributed by atoms with Crippen molar-refractivity contribution in [2.24, 2.45) is 0 Å². The summed E-state index contributed by atoms with van der Waals surface area (Å²) in [6, 6.07) is 15.9. The minimum atomic E-state index is -3.55. The maximum absolute atomic E-state index is 12.4. The molecule has 6 heteroatoms. The summed E-state index contributed by atoms with van der Waals surface area (Å²) in [6.45, 7) is 0. The van der Waals surface area contributed by atoms with Crippen LogP contribution in [0.25, 0.3) is 0 Å². The van der Waals surface area contributed by atoms with Crippen molar-refractivity contribution in [3.8, 4) is 0 Å². The largest absolute Gasteiger partial charge is 0.290 e. The van der Waals surface area contributed by atoms with Gasteiger partial charge in [-0.2, -0.15) is 0 Å². The monoisotopic (exact) mass is 365 g/mol. The Kier molecular flexibility index (Phi) is 3.59. The minimum absolute atomic E-state index is 0.397. The van der Waals surface area contributed by atoms with Crippen molar-refractivity contribution in [1.82, 2.24) is 0 Å². The van der Waals surface area contributed by atoms with Crippen LogP contribution in [0.5, 0.6) is 0 Å². The van der Waals surface area contributed by atoms with Crippen LogP contribution in [0.4, 0.5) is 5.69 Å². The van der Waals surface area contributed by atoms with E-state index in [1.54, 1.807) is 42.5 Å². The van der Waals surface area contributed by atoms with Crippen LogP contribution in [0.3, 0.4) is 0 Å². The van der Waals surface area contributed by atoms with Crippen LogP contribution < -0.4 is 4.90 Å². The van der Waals surface area contributed by atoms with Crippen molar-refractivity contribution in [2.45, 2.75) is 5.37 Å². The number of carbonyl (C=O) groups is 1. The third kappa shape index (κ3) is 2.61. The normalized spacial score (nSPS) is 20.7. The van der Waals surface area contributed by atoms with Crippen molar-refractivity contribution in [1.29, 1.82) is 0 Å². The van der Waals surface area contributed by atoms with E-state index in [0.717, 1.165) is 4.47 Å². The molecule has 21 heavy (non-hydrogen) atoms. The average Bonchev–Trinajstić information content (AvgIpc) is 2.69. The van der Waals surface area contributed by atoms with Crippen molar-refractivity contribution in [2.75, 3.05) is 10.7 Å². The summed E-state index contributed by atoms with van der Waals surface area (Å²) < 4.78 is 25.6. The van der Waals surface area contributed by atoms with Crippen LogP contribution in [0, 0.1) is 0 Å². The van der Waals surface area contributed by atoms with Crippen LogP contribution in [0.1, 0.15) is 10.9 Å². The second kappa shape index (κ2) is 5.27. The third-order valence-electron chi connectivity index (χ3n) is 3.34. The number of para-hydroxylation sites is 1.